The smallest absolute Gasteiger partial charge is 0.273 e. The SMILES string of the molecule is CC(C)(C)C(O)CNC(=O)c1ccon1. The number of carbonyl (C=O) groups is 1. The van der Waals surface area contributed by atoms with E-state index in [1.54, 1.807) is 0 Å². The molecular weight excluding hydrogens is 196 g/mol. The predicted octanol–water partition coefficient (Wildman–Crippen LogP) is 0.811. The molecule has 0 aliphatic rings. The van der Waals surface area contributed by atoms with Gasteiger partial charge >= 0.3 is 0 Å². The Balaban J connectivity index is 2.42. The number of nitrogens with one attached hydrogen (secondary N) is 1. The summed E-state index contributed by atoms with van der Waals surface area (Å²) < 4.78 is 4.54. The summed E-state index contributed by atoms with van der Waals surface area (Å²) >= 11 is 0. The number of nitrogens with zero attached hydrogens (tertiary/aromatic N) is 1. The fraction of sp³-hybridized carbons (Fsp3) is 0.600. The maximum absolute atomic E-state index is 11.4. The number of hydrogen-bond donors (Lipinski definition) is 2. The fourth-order valence-electron chi connectivity index (χ4n) is 0.916. The van der Waals surface area contributed by atoms with Gasteiger partial charge in [0.25, 0.3) is 5.91 Å². The summed E-state index contributed by atoms with van der Waals surface area (Å²) in [6, 6.07) is 1.47. The molecule has 1 rings (SSSR count). The highest BCUT2D eigenvalue weighted by Crippen LogP contribution is 2.18. The van der Waals surface area contributed by atoms with Gasteiger partial charge < -0.3 is 14.9 Å². The second-order valence-electron chi connectivity index (χ2n) is 4.48. The highest BCUT2D eigenvalue weighted by molar-refractivity contribution is 5.91. The zero-order chi connectivity index (χ0) is 11.5. The Bertz CT molecular complexity index is 314. The van der Waals surface area contributed by atoms with Gasteiger partial charge in [-0.25, -0.2) is 0 Å². The summed E-state index contributed by atoms with van der Waals surface area (Å²) in [7, 11) is 0. The number of aliphatic hydroxyl groups is 1. The molecule has 0 spiro atoms. The average Bonchev–Trinajstić information content (AvgIpc) is 2.64. The normalized spacial score (nSPS) is 13.6. The van der Waals surface area contributed by atoms with E-state index in [0.29, 0.717) is 0 Å². The van der Waals surface area contributed by atoms with Crippen molar-refractivity contribution in [3.05, 3.63) is 18.0 Å². The molecular formula is C10H16N2O3. The van der Waals surface area contributed by atoms with Crippen molar-refractivity contribution in [3.63, 3.8) is 0 Å². The third-order valence-corrected chi connectivity index (χ3v) is 2.13. The summed E-state index contributed by atoms with van der Waals surface area (Å²) in [5.41, 5.74) is -0.0343. The van der Waals surface area contributed by atoms with Crippen molar-refractivity contribution < 1.29 is 14.4 Å². The van der Waals surface area contributed by atoms with Crippen molar-refractivity contribution in [1.82, 2.24) is 10.5 Å². The zero-order valence-electron chi connectivity index (χ0n) is 9.15. The van der Waals surface area contributed by atoms with Gasteiger partial charge in [-0.05, 0) is 5.41 Å². The second kappa shape index (κ2) is 4.44. The lowest BCUT2D eigenvalue weighted by Crippen LogP contribution is -2.39. The van der Waals surface area contributed by atoms with E-state index in [1.165, 1.54) is 12.3 Å². The molecule has 0 aliphatic heterocycles. The van der Waals surface area contributed by atoms with E-state index in [4.69, 9.17) is 0 Å². The van der Waals surface area contributed by atoms with Crippen molar-refractivity contribution in [1.29, 1.82) is 0 Å². The Morgan fingerprint density at radius 2 is 2.33 bits per heavy atom. The lowest BCUT2D eigenvalue weighted by Gasteiger charge is -2.25. The Hall–Kier alpha value is -1.36. The molecule has 1 heterocycles. The molecule has 0 saturated carbocycles. The van der Waals surface area contributed by atoms with Crippen LogP contribution in [-0.2, 0) is 0 Å². The third-order valence-electron chi connectivity index (χ3n) is 2.13. The van der Waals surface area contributed by atoms with Gasteiger partial charge in [0.1, 0.15) is 6.26 Å². The summed E-state index contributed by atoms with van der Waals surface area (Å²) in [4.78, 5) is 11.4. The van der Waals surface area contributed by atoms with Crippen LogP contribution < -0.4 is 5.32 Å². The average molecular weight is 212 g/mol. The Morgan fingerprint density at radius 1 is 1.67 bits per heavy atom. The maximum Gasteiger partial charge on any atom is 0.273 e. The van der Waals surface area contributed by atoms with Gasteiger partial charge in [-0.3, -0.25) is 4.79 Å². The molecule has 0 fully saturated rings. The molecule has 5 nitrogen and oxygen atoms in total. The third kappa shape index (κ3) is 3.36. The van der Waals surface area contributed by atoms with Gasteiger partial charge in [-0.2, -0.15) is 0 Å². The number of aliphatic hydroxyl groups excluding tert-OH is 1. The monoisotopic (exact) mass is 212 g/mol. The molecule has 0 bridgehead atoms. The second-order valence-corrected chi connectivity index (χ2v) is 4.48. The summed E-state index contributed by atoms with van der Waals surface area (Å²) in [5.74, 6) is -0.341. The first-order valence-electron chi connectivity index (χ1n) is 4.78. The molecule has 0 saturated heterocycles. The van der Waals surface area contributed by atoms with Gasteiger partial charge in [0.15, 0.2) is 5.69 Å². The van der Waals surface area contributed by atoms with Gasteiger partial charge in [0.05, 0.1) is 6.10 Å². The molecule has 1 unspecified atom stereocenters. The van der Waals surface area contributed by atoms with E-state index in [-0.39, 0.29) is 23.6 Å². The van der Waals surface area contributed by atoms with Gasteiger partial charge in [-0.15, -0.1) is 0 Å². The molecule has 84 valence electrons. The quantitative estimate of drug-likeness (QED) is 0.777. The molecule has 5 heteroatoms. The number of amides is 1. The van der Waals surface area contributed by atoms with Crippen LogP contribution in [0.4, 0.5) is 0 Å². The van der Waals surface area contributed by atoms with Gasteiger partial charge in [0, 0.05) is 12.6 Å². The summed E-state index contributed by atoms with van der Waals surface area (Å²) in [6.07, 6.45) is 0.739. The Morgan fingerprint density at radius 3 is 2.80 bits per heavy atom. The van der Waals surface area contributed by atoms with Crippen LogP contribution in [0.3, 0.4) is 0 Å². The zero-order valence-corrected chi connectivity index (χ0v) is 9.15. The summed E-state index contributed by atoms with van der Waals surface area (Å²) in [5, 5.41) is 15.7. The van der Waals surface area contributed by atoms with Crippen molar-refractivity contribution in [2.75, 3.05) is 6.54 Å². The first kappa shape index (κ1) is 11.7. The van der Waals surface area contributed by atoms with Crippen molar-refractivity contribution in [3.8, 4) is 0 Å². The minimum Gasteiger partial charge on any atom is -0.391 e. The van der Waals surface area contributed by atoms with Crippen LogP contribution in [0.1, 0.15) is 31.3 Å². The highest BCUT2D eigenvalue weighted by atomic mass is 16.5. The first-order chi connectivity index (χ1) is 6.91. The lowest BCUT2D eigenvalue weighted by molar-refractivity contribution is 0.0584. The molecule has 1 aromatic heterocycles. The Labute approximate surface area is 88.5 Å². The largest absolute Gasteiger partial charge is 0.391 e. The van der Waals surface area contributed by atoms with Crippen LogP contribution in [0.25, 0.3) is 0 Å². The molecule has 0 aromatic carbocycles. The van der Waals surface area contributed by atoms with Crippen molar-refractivity contribution in [2.45, 2.75) is 26.9 Å². The minimum atomic E-state index is -0.589. The minimum absolute atomic E-state index is 0.204. The molecule has 1 amide bonds. The van der Waals surface area contributed by atoms with Crippen molar-refractivity contribution in [2.24, 2.45) is 5.41 Å². The Kier molecular flexibility index (Phi) is 3.47. The summed E-state index contributed by atoms with van der Waals surface area (Å²) in [6.45, 7) is 5.91. The van der Waals surface area contributed by atoms with E-state index in [1.807, 2.05) is 20.8 Å². The molecule has 15 heavy (non-hydrogen) atoms. The molecule has 2 N–H and O–H groups in total. The first-order valence-corrected chi connectivity index (χ1v) is 4.78. The van der Waals surface area contributed by atoms with E-state index in [9.17, 15) is 9.90 Å². The van der Waals surface area contributed by atoms with E-state index < -0.39 is 6.10 Å². The van der Waals surface area contributed by atoms with Gasteiger partial charge in [0.2, 0.25) is 0 Å². The number of rotatable bonds is 3. The van der Waals surface area contributed by atoms with Crippen LogP contribution in [0, 0.1) is 5.41 Å². The highest BCUT2D eigenvalue weighted by Gasteiger charge is 2.22. The standard InChI is InChI=1S/C10H16N2O3/c1-10(2,3)8(13)6-11-9(14)7-4-5-15-12-7/h4-5,8,13H,6H2,1-3H3,(H,11,14). The number of aromatic nitrogens is 1. The molecule has 1 atom stereocenters. The van der Waals surface area contributed by atoms with Crippen LogP contribution >= 0.6 is 0 Å². The molecule has 0 radical (unpaired) electrons. The fourth-order valence-corrected chi connectivity index (χ4v) is 0.916. The van der Waals surface area contributed by atoms with Gasteiger partial charge in [-0.1, -0.05) is 25.9 Å². The maximum atomic E-state index is 11.4. The van der Waals surface area contributed by atoms with Crippen molar-refractivity contribution >= 4 is 5.91 Å². The molecule has 1 aromatic rings. The van der Waals surface area contributed by atoms with Crippen LogP contribution in [-0.4, -0.2) is 28.8 Å². The van der Waals surface area contributed by atoms with E-state index in [0.717, 1.165) is 0 Å². The topological polar surface area (TPSA) is 75.4 Å². The van der Waals surface area contributed by atoms with E-state index >= 15 is 0 Å². The van der Waals surface area contributed by atoms with E-state index in [2.05, 4.69) is 15.0 Å². The number of hydrogen-bond acceptors (Lipinski definition) is 4. The van der Waals surface area contributed by atoms with Crippen LogP contribution in [0.5, 0.6) is 0 Å². The molecule has 0 aliphatic carbocycles. The van der Waals surface area contributed by atoms with Crippen LogP contribution in [0.2, 0.25) is 0 Å². The van der Waals surface area contributed by atoms with Crippen LogP contribution in [0.15, 0.2) is 16.9 Å². The number of carbonyl (C=O) groups excluding carboxylic acids is 1. The predicted molar refractivity (Wildman–Crippen MR) is 54.3 cm³/mol. The lowest BCUT2D eigenvalue weighted by atomic mass is 9.89.